The van der Waals surface area contributed by atoms with E-state index in [4.69, 9.17) is 0 Å². The van der Waals surface area contributed by atoms with Crippen molar-refractivity contribution in [1.82, 2.24) is 15.1 Å². The Morgan fingerprint density at radius 2 is 1.96 bits per heavy atom. The molecule has 2 rings (SSSR count). The maximum absolute atomic E-state index is 13.6. The summed E-state index contributed by atoms with van der Waals surface area (Å²) in [6.07, 6.45) is 1.82. The number of benzene rings is 1. The highest BCUT2D eigenvalue weighted by Crippen LogP contribution is 2.18. The summed E-state index contributed by atoms with van der Waals surface area (Å²) >= 11 is 0. The van der Waals surface area contributed by atoms with Gasteiger partial charge in [0, 0.05) is 31.1 Å². The third-order valence-corrected chi connectivity index (χ3v) is 3.99. The molecule has 6 heteroatoms. The van der Waals surface area contributed by atoms with Gasteiger partial charge in [0.05, 0.1) is 17.3 Å². The van der Waals surface area contributed by atoms with Crippen molar-refractivity contribution in [1.29, 1.82) is 0 Å². The number of nitrogens with one attached hydrogen (secondary N) is 1. The quantitative estimate of drug-likeness (QED) is 0.828. The van der Waals surface area contributed by atoms with Crippen LogP contribution in [0, 0.1) is 18.7 Å². The fourth-order valence-electron chi connectivity index (χ4n) is 2.64. The molecule has 0 radical (unpaired) electrons. The summed E-state index contributed by atoms with van der Waals surface area (Å²) in [5, 5.41) is 7.13. The largest absolute Gasteiger partial charge is 0.349 e. The number of carbonyl (C=O) groups excluding carboxylic acids is 2. The molecule has 5 nitrogen and oxygen atoms in total. The maximum atomic E-state index is 13.6. The zero-order valence-corrected chi connectivity index (χ0v) is 14.3. The predicted octanol–water partition coefficient (Wildman–Crippen LogP) is 2.95. The summed E-state index contributed by atoms with van der Waals surface area (Å²) in [6.45, 7) is 5.41. The molecule has 1 heterocycles. The van der Waals surface area contributed by atoms with Crippen LogP contribution in [0.5, 0.6) is 0 Å². The zero-order chi connectivity index (χ0) is 17.9. The fraction of sp³-hybridized carbons (Fsp3) is 0.389. The van der Waals surface area contributed by atoms with Crippen molar-refractivity contribution in [2.75, 3.05) is 0 Å². The first kappa shape index (κ1) is 17.8. The molecule has 0 aliphatic rings. The smallest absolute Gasteiger partial charge is 0.223 e. The van der Waals surface area contributed by atoms with Gasteiger partial charge in [0.15, 0.2) is 5.78 Å². The number of halogens is 1. The Morgan fingerprint density at radius 3 is 2.54 bits per heavy atom. The standard InChI is InChI=1S/C18H22FN3O2/c1-11(9-17(23)14-7-5-6-8-16(14)19)18(24)20-12(2)15-10-22(4)21-13(15)3/h5-8,10-12H,9H2,1-4H3,(H,20,24)/t11-,12-/m0/s1. The van der Waals surface area contributed by atoms with Crippen molar-refractivity contribution in [2.45, 2.75) is 33.2 Å². The molecular formula is C18H22FN3O2. The van der Waals surface area contributed by atoms with Crippen LogP contribution >= 0.6 is 0 Å². The van der Waals surface area contributed by atoms with Gasteiger partial charge in [-0.25, -0.2) is 4.39 Å². The van der Waals surface area contributed by atoms with Gasteiger partial charge in [0.2, 0.25) is 5.91 Å². The molecular weight excluding hydrogens is 309 g/mol. The Balaban J connectivity index is 1.98. The second-order valence-corrected chi connectivity index (χ2v) is 6.08. The fourth-order valence-corrected chi connectivity index (χ4v) is 2.64. The molecule has 2 aromatic rings. The topological polar surface area (TPSA) is 64.0 Å². The number of Topliss-reactive ketones (excluding diaryl/α,β-unsaturated/α-hetero) is 1. The van der Waals surface area contributed by atoms with E-state index >= 15 is 0 Å². The van der Waals surface area contributed by atoms with Gasteiger partial charge in [-0.1, -0.05) is 19.1 Å². The van der Waals surface area contributed by atoms with Gasteiger partial charge in [0.25, 0.3) is 0 Å². The minimum absolute atomic E-state index is 0.0216. The predicted molar refractivity (Wildman–Crippen MR) is 89.0 cm³/mol. The van der Waals surface area contributed by atoms with Gasteiger partial charge in [-0.05, 0) is 26.0 Å². The van der Waals surface area contributed by atoms with Crippen LogP contribution in [0.2, 0.25) is 0 Å². The molecule has 0 saturated carbocycles. The first-order valence-corrected chi connectivity index (χ1v) is 7.87. The summed E-state index contributed by atoms with van der Waals surface area (Å²) in [4.78, 5) is 24.5. The first-order chi connectivity index (χ1) is 11.3. The summed E-state index contributed by atoms with van der Waals surface area (Å²) in [5.74, 6) is -1.72. The Hall–Kier alpha value is -2.50. The molecule has 128 valence electrons. The second kappa shape index (κ2) is 7.38. The maximum Gasteiger partial charge on any atom is 0.223 e. The molecule has 0 aliphatic carbocycles. The SMILES string of the molecule is Cc1nn(C)cc1[C@H](C)NC(=O)[C@@H](C)CC(=O)c1ccccc1F. The zero-order valence-electron chi connectivity index (χ0n) is 14.3. The van der Waals surface area contributed by atoms with Crippen LogP contribution in [-0.4, -0.2) is 21.5 Å². The average molecular weight is 331 g/mol. The molecule has 2 atom stereocenters. The molecule has 0 saturated heterocycles. The lowest BCUT2D eigenvalue weighted by Crippen LogP contribution is -2.32. The van der Waals surface area contributed by atoms with Crippen LogP contribution in [-0.2, 0) is 11.8 Å². The molecule has 0 fully saturated rings. The third kappa shape index (κ3) is 4.07. The number of hydrogen-bond donors (Lipinski definition) is 1. The number of ketones is 1. The Labute approximate surface area is 140 Å². The molecule has 0 aliphatic heterocycles. The summed E-state index contributed by atoms with van der Waals surface area (Å²) in [7, 11) is 1.82. The van der Waals surface area contributed by atoms with Crippen molar-refractivity contribution in [3.8, 4) is 0 Å². The Bertz CT molecular complexity index is 754. The van der Waals surface area contributed by atoms with Gasteiger partial charge < -0.3 is 5.32 Å². The van der Waals surface area contributed by atoms with Crippen molar-refractivity contribution in [2.24, 2.45) is 13.0 Å². The van der Waals surface area contributed by atoms with E-state index in [1.165, 1.54) is 18.2 Å². The lowest BCUT2D eigenvalue weighted by molar-refractivity contribution is -0.125. The number of aromatic nitrogens is 2. The van der Waals surface area contributed by atoms with Crippen LogP contribution in [0.15, 0.2) is 30.5 Å². The number of aryl methyl sites for hydroxylation is 2. The molecule has 1 aromatic carbocycles. The minimum Gasteiger partial charge on any atom is -0.349 e. The van der Waals surface area contributed by atoms with Gasteiger partial charge in [-0.2, -0.15) is 5.10 Å². The average Bonchev–Trinajstić information content (AvgIpc) is 2.86. The van der Waals surface area contributed by atoms with Crippen LogP contribution < -0.4 is 5.32 Å². The first-order valence-electron chi connectivity index (χ1n) is 7.87. The van der Waals surface area contributed by atoms with Gasteiger partial charge >= 0.3 is 0 Å². The number of amides is 1. The normalized spacial score (nSPS) is 13.4. The highest BCUT2D eigenvalue weighted by Gasteiger charge is 2.22. The monoisotopic (exact) mass is 331 g/mol. The molecule has 0 unspecified atom stereocenters. The second-order valence-electron chi connectivity index (χ2n) is 6.08. The third-order valence-electron chi connectivity index (χ3n) is 3.99. The lowest BCUT2D eigenvalue weighted by Gasteiger charge is -2.17. The van der Waals surface area contributed by atoms with E-state index in [1.54, 1.807) is 17.7 Å². The lowest BCUT2D eigenvalue weighted by atomic mass is 9.98. The van der Waals surface area contributed by atoms with E-state index in [2.05, 4.69) is 10.4 Å². The van der Waals surface area contributed by atoms with Crippen LogP contribution in [0.25, 0.3) is 0 Å². The van der Waals surface area contributed by atoms with E-state index in [9.17, 15) is 14.0 Å². The van der Waals surface area contributed by atoms with Crippen LogP contribution in [0.1, 0.15) is 47.9 Å². The van der Waals surface area contributed by atoms with E-state index < -0.39 is 11.7 Å². The highest BCUT2D eigenvalue weighted by atomic mass is 19.1. The Morgan fingerprint density at radius 1 is 1.29 bits per heavy atom. The highest BCUT2D eigenvalue weighted by molar-refractivity contribution is 5.98. The Kier molecular flexibility index (Phi) is 5.49. The van der Waals surface area contributed by atoms with Crippen molar-refractivity contribution in [3.63, 3.8) is 0 Å². The van der Waals surface area contributed by atoms with E-state index in [0.717, 1.165) is 11.3 Å². The van der Waals surface area contributed by atoms with Gasteiger partial charge in [-0.15, -0.1) is 0 Å². The summed E-state index contributed by atoms with van der Waals surface area (Å²) in [6, 6.07) is 5.60. The summed E-state index contributed by atoms with van der Waals surface area (Å²) in [5.41, 5.74) is 1.80. The van der Waals surface area contributed by atoms with Gasteiger partial charge in [-0.3, -0.25) is 14.3 Å². The van der Waals surface area contributed by atoms with Crippen molar-refractivity contribution in [3.05, 3.63) is 53.1 Å². The van der Waals surface area contributed by atoms with E-state index in [1.807, 2.05) is 27.1 Å². The van der Waals surface area contributed by atoms with Crippen molar-refractivity contribution < 1.29 is 14.0 Å². The molecule has 0 bridgehead atoms. The number of carbonyl (C=O) groups is 2. The molecule has 24 heavy (non-hydrogen) atoms. The number of nitrogens with zero attached hydrogens (tertiary/aromatic N) is 2. The van der Waals surface area contributed by atoms with E-state index in [0.29, 0.717) is 0 Å². The number of hydrogen-bond acceptors (Lipinski definition) is 3. The number of rotatable bonds is 6. The van der Waals surface area contributed by atoms with Crippen LogP contribution in [0.3, 0.4) is 0 Å². The minimum atomic E-state index is -0.561. The van der Waals surface area contributed by atoms with E-state index in [-0.39, 0.29) is 29.7 Å². The summed E-state index contributed by atoms with van der Waals surface area (Å²) < 4.78 is 15.3. The van der Waals surface area contributed by atoms with Gasteiger partial charge in [0.1, 0.15) is 5.82 Å². The van der Waals surface area contributed by atoms with Crippen molar-refractivity contribution >= 4 is 11.7 Å². The molecule has 0 spiro atoms. The molecule has 1 N–H and O–H groups in total. The molecule has 1 amide bonds. The van der Waals surface area contributed by atoms with Crippen LogP contribution in [0.4, 0.5) is 4.39 Å². The molecule has 1 aromatic heterocycles.